The number of carbonyl (C=O) groups is 1. The van der Waals surface area contributed by atoms with Gasteiger partial charge in [0.1, 0.15) is 0 Å². The lowest BCUT2D eigenvalue weighted by Gasteiger charge is -2.33. The van der Waals surface area contributed by atoms with Gasteiger partial charge < -0.3 is 9.80 Å². The molecule has 2 heterocycles. The molecular weight excluding hydrogens is 329 g/mol. The lowest BCUT2D eigenvalue weighted by Crippen LogP contribution is -2.39. The Kier molecular flexibility index (Phi) is 4.80. The number of hydrogen-bond acceptors (Lipinski definition) is 2. The third-order valence-electron chi connectivity index (χ3n) is 5.45. The monoisotopic (exact) mass is 352 g/mol. The van der Waals surface area contributed by atoms with Crippen LogP contribution < -0.4 is 0 Å². The van der Waals surface area contributed by atoms with E-state index in [0.29, 0.717) is 31.5 Å². The van der Waals surface area contributed by atoms with Gasteiger partial charge in [0.2, 0.25) is 0 Å². The summed E-state index contributed by atoms with van der Waals surface area (Å²) in [6, 6.07) is 5.81. The standard InChI is InChI=1S/C19H23F3N2O/c1-13-15(9-10-23(13)2)18(25)24-11-7-14(8-12-24)16-5-3-4-6-17(16)19(20,21)22/h3-6,14H,7-12H2,1-2H3. The molecule has 1 amide bonds. The summed E-state index contributed by atoms with van der Waals surface area (Å²) in [6.07, 6.45) is -2.44. The fourth-order valence-electron chi connectivity index (χ4n) is 3.82. The quantitative estimate of drug-likeness (QED) is 0.803. The zero-order chi connectivity index (χ0) is 18.2. The number of halogens is 3. The van der Waals surface area contributed by atoms with Crippen molar-refractivity contribution in [1.82, 2.24) is 9.80 Å². The maximum absolute atomic E-state index is 13.2. The SMILES string of the molecule is CC1=C(C(=O)N2CCC(c3ccccc3C(F)(F)F)CC2)CCN1C. The zero-order valence-corrected chi connectivity index (χ0v) is 14.6. The van der Waals surface area contributed by atoms with Crippen LogP contribution >= 0.6 is 0 Å². The first kappa shape index (κ1) is 17.8. The molecule has 0 saturated carbocycles. The molecule has 3 rings (SSSR count). The van der Waals surface area contributed by atoms with E-state index in [0.717, 1.165) is 30.3 Å². The van der Waals surface area contributed by atoms with Crippen molar-refractivity contribution >= 4 is 5.91 Å². The van der Waals surface area contributed by atoms with Crippen molar-refractivity contribution in [3.63, 3.8) is 0 Å². The van der Waals surface area contributed by atoms with Gasteiger partial charge in [0.15, 0.2) is 0 Å². The van der Waals surface area contributed by atoms with Gasteiger partial charge in [-0.25, -0.2) is 0 Å². The summed E-state index contributed by atoms with van der Waals surface area (Å²) in [6.45, 7) is 3.82. The molecule has 0 unspecified atom stereocenters. The second-order valence-electron chi connectivity index (χ2n) is 6.89. The summed E-state index contributed by atoms with van der Waals surface area (Å²) in [5.74, 6) is -0.104. The first-order chi connectivity index (χ1) is 11.8. The molecule has 3 nitrogen and oxygen atoms in total. The maximum atomic E-state index is 13.2. The van der Waals surface area contributed by atoms with Crippen molar-refractivity contribution in [2.24, 2.45) is 0 Å². The molecule has 1 aromatic carbocycles. The molecule has 6 heteroatoms. The van der Waals surface area contributed by atoms with E-state index in [1.54, 1.807) is 17.0 Å². The normalized spacial score (nSPS) is 19.7. The third-order valence-corrected chi connectivity index (χ3v) is 5.45. The van der Waals surface area contributed by atoms with E-state index in [1.807, 2.05) is 14.0 Å². The van der Waals surface area contributed by atoms with Crippen molar-refractivity contribution < 1.29 is 18.0 Å². The second-order valence-corrected chi connectivity index (χ2v) is 6.89. The molecule has 2 aliphatic rings. The summed E-state index contributed by atoms with van der Waals surface area (Å²) >= 11 is 0. The minimum Gasteiger partial charge on any atom is -0.377 e. The lowest BCUT2D eigenvalue weighted by molar-refractivity contribution is -0.138. The van der Waals surface area contributed by atoms with Crippen molar-refractivity contribution in [3.05, 3.63) is 46.7 Å². The molecule has 0 aromatic heterocycles. The van der Waals surface area contributed by atoms with Crippen LogP contribution in [0.1, 0.15) is 43.2 Å². The molecule has 0 N–H and O–H groups in total. The van der Waals surface area contributed by atoms with Crippen LogP contribution in [-0.4, -0.2) is 42.4 Å². The van der Waals surface area contributed by atoms with Crippen LogP contribution in [0.15, 0.2) is 35.5 Å². The van der Waals surface area contributed by atoms with Crippen LogP contribution in [-0.2, 0) is 11.0 Å². The molecule has 0 bridgehead atoms. The highest BCUT2D eigenvalue weighted by atomic mass is 19.4. The molecule has 2 aliphatic heterocycles. The Morgan fingerprint density at radius 2 is 1.76 bits per heavy atom. The van der Waals surface area contributed by atoms with E-state index >= 15 is 0 Å². The molecule has 0 atom stereocenters. The van der Waals surface area contributed by atoms with Gasteiger partial charge in [-0.3, -0.25) is 4.79 Å². The van der Waals surface area contributed by atoms with Crippen molar-refractivity contribution in [3.8, 4) is 0 Å². The second kappa shape index (κ2) is 6.73. The van der Waals surface area contributed by atoms with Gasteiger partial charge in [0, 0.05) is 38.0 Å². The molecule has 25 heavy (non-hydrogen) atoms. The van der Waals surface area contributed by atoms with Crippen molar-refractivity contribution in [2.75, 3.05) is 26.7 Å². The molecular formula is C19H23F3N2O. The smallest absolute Gasteiger partial charge is 0.377 e. The Hall–Kier alpha value is -1.98. The predicted octanol–water partition coefficient (Wildman–Crippen LogP) is 4.02. The highest BCUT2D eigenvalue weighted by Gasteiger charge is 2.36. The van der Waals surface area contributed by atoms with Gasteiger partial charge in [-0.1, -0.05) is 18.2 Å². The topological polar surface area (TPSA) is 23.6 Å². The first-order valence-electron chi connectivity index (χ1n) is 8.65. The Bertz CT molecular complexity index is 688. The van der Waals surface area contributed by atoms with E-state index in [2.05, 4.69) is 4.90 Å². The fraction of sp³-hybridized carbons (Fsp3) is 0.526. The van der Waals surface area contributed by atoms with Crippen LogP contribution in [0.4, 0.5) is 13.2 Å². The number of benzene rings is 1. The highest BCUT2D eigenvalue weighted by molar-refractivity contribution is 5.94. The average Bonchev–Trinajstić information content (AvgIpc) is 2.93. The molecule has 136 valence electrons. The Morgan fingerprint density at radius 1 is 1.12 bits per heavy atom. The molecule has 0 radical (unpaired) electrons. The number of piperidine rings is 1. The van der Waals surface area contributed by atoms with Crippen molar-refractivity contribution in [2.45, 2.75) is 38.3 Å². The number of likely N-dealkylation sites (tertiary alicyclic amines) is 1. The number of nitrogens with zero attached hydrogens (tertiary/aromatic N) is 2. The third kappa shape index (κ3) is 3.53. The summed E-state index contributed by atoms with van der Waals surface area (Å²) in [5, 5.41) is 0. The number of carbonyl (C=O) groups excluding carboxylic acids is 1. The van der Waals surface area contributed by atoms with E-state index in [1.165, 1.54) is 6.07 Å². The van der Waals surface area contributed by atoms with Gasteiger partial charge in [-0.05, 0) is 43.7 Å². The summed E-state index contributed by atoms with van der Waals surface area (Å²) in [4.78, 5) is 16.6. The fourth-order valence-corrected chi connectivity index (χ4v) is 3.82. The number of amides is 1. The van der Waals surface area contributed by atoms with E-state index in [-0.39, 0.29) is 11.8 Å². The van der Waals surface area contributed by atoms with Crippen LogP contribution in [0.25, 0.3) is 0 Å². The van der Waals surface area contributed by atoms with Gasteiger partial charge in [-0.15, -0.1) is 0 Å². The lowest BCUT2D eigenvalue weighted by atomic mass is 9.86. The van der Waals surface area contributed by atoms with Gasteiger partial charge in [0.05, 0.1) is 5.56 Å². The molecule has 1 saturated heterocycles. The van der Waals surface area contributed by atoms with Crippen LogP contribution in [0, 0.1) is 0 Å². The highest BCUT2D eigenvalue weighted by Crippen LogP contribution is 2.39. The molecule has 0 aliphatic carbocycles. The summed E-state index contributed by atoms with van der Waals surface area (Å²) in [7, 11) is 1.97. The number of alkyl halides is 3. The maximum Gasteiger partial charge on any atom is 0.416 e. The zero-order valence-electron chi connectivity index (χ0n) is 14.6. The van der Waals surface area contributed by atoms with Crippen LogP contribution in [0.3, 0.4) is 0 Å². The van der Waals surface area contributed by atoms with Gasteiger partial charge >= 0.3 is 6.18 Å². The van der Waals surface area contributed by atoms with Gasteiger partial charge in [-0.2, -0.15) is 13.2 Å². The van der Waals surface area contributed by atoms with Crippen molar-refractivity contribution in [1.29, 1.82) is 0 Å². The van der Waals surface area contributed by atoms with E-state index < -0.39 is 11.7 Å². The summed E-state index contributed by atoms with van der Waals surface area (Å²) < 4.78 is 39.7. The Labute approximate surface area is 146 Å². The Balaban J connectivity index is 1.70. The van der Waals surface area contributed by atoms with E-state index in [9.17, 15) is 18.0 Å². The minimum absolute atomic E-state index is 0.0457. The average molecular weight is 352 g/mol. The number of rotatable bonds is 2. The molecule has 1 fully saturated rings. The van der Waals surface area contributed by atoms with Gasteiger partial charge in [0.25, 0.3) is 5.91 Å². The first-order valence-corrected chi connectivity index (χ1v) is 8.65. The number of allylic oxidation sites excluding steroid dienone is 1. The predicted molar refractivity (Wildman–Crippen MR) is 89.9 cm³/mol. The molecule has 0 spiro atoms. The van der Waals surface area contributed by atoms with Crippen LogP contribution in [0.2, 0.25) is 0 Å². The van der Waals surface area contributed by atoms with E-state index in [4.69, 9.17) is 0 Å². The Morgan fingerprint density at radius 3 is 2.32 bits per heavy atom. The largest absolute Gasteiger partial charge is 0.416 e. The summed E-state index contributed by atoms with van der Waals surface area (Å²) in [5.41, 5.74) is 1.67. The molecule has 1 aromatic rings. The van der Waals surface area contributed by atoms with Crippen LogP contribution in [0.5, 0.6) is 0 Å². The number of hydrogen-bond donors (Lipinski definition) is 0. The minimum atomic E-state index is -4.33.